The van der Waals surface area contributed by atoms with Crippen molar-refractivity contribution in [3.8, 4) is 12.3 Å². The van der Waals surface area contributed by atoms with Gasteiger partial charge in [0.15, 0.2) is 0 Å². The van der Waals surface area contributed by atoms with Gasteiger partial charge in [-0.2, -0.15) is 16.8 Å². The molecule has 17 heavy (non-hydrogen) atoms. The molecule has 100 valence electrons. The predicted molar refractivity (Wildman–Crippen MR) is 60.2 cm³/mol. The van der Waals surface area contributed by atoms with Gasteiger partial charge in [0.05, 0.1) is 31.8 Å². The SMILES string of the molecule is C#CCOS(=O)(=O)CCOCCOS(C)(=O)=O. The van der Waals surface area contributed by atoms with Crippen LogP contribution in [0.15, 0.2) is 0 Å². The molecule has 0 atom stereocenters. The highest BCUT2D eigenvalue weighted by molar-refractivity contribution is 7.86. The highest BCUT2D eigenvalue weighted by atomic mass is 32.2. The molecule has 0 heterocycles. The molecule has 0 aliphatic carbocycles. The van der Waals surface area contributed by atoms with Crippen molar-refractivity contribution < 1.29 is 29.9 Å². The summed E-state index contributed by atoms with van der Waals surface area (Å²) in [5.41, 5.74) is 0. The van der Waals surface area contributed by atoms with Gasteiger partial charge in [0.25, 0.3) is 20.2 Å². The van der Waals surface area contributed by atoms with Gasteiger partial charge >= 0.3 is 0 Å². The molecule has 0 aromatic carbocycles. The molecule has 0 rings (SSSR count). The molecule has 7 nitrogen and oxygen atoms in total. The summed E-state index contributed by atoms with van der Waals surface area (Å²) < 4.78 is 56.8. The normalized spacial score (nSPS) is 12.2. The van der Waals surface area contributed by atoms with Gasteiger partial charge < -0.3 is 4.74 Å². The third-order valence-electron chi connectivity index (χ3n) is 1.32. The summed E-state index contributed by atoms with van der Waals surface area (Å²) in [5, 5.41) is 0. The zero-order chi connectivity index (χ0) is 13.4. The minimum Gasteiger partial charge on any atom is -0.378 e. The lowest BCUT2D eigenvalue weighted by Gasteiger charge is -2.04. The molecule has 9 heteroatoms. The van der Waals surface area contributed by atoms with Gasteiger partial charge in [-0.25, -0.2) is 0 Å². The molecule has 0 aromatic rings. The van der Waals surface area contributed by atoms with Crippen LogP contribution in [-0.2, 0) is 33.3 Å². The van der Waals surface area contributed by atoms with Gasteiger partial charge in [-0.05, 0) is 0 Å². The van der Waals surface area contributed by atoms with Crippen LogP contribution < -0.4 is 0 Å². The van der Waals surface area contributed by atoms with Crippen LogP contribution in [0.4, 0.5) is 0 Å². The smallest absolute Gasteiger partial charge is 0.270 e. The molecule has 0 fully saturated rings. The van der Waals surface area contributed by atoms with Crippen LogP contribution in [0.1, 0.15) is 0 Å². The highest BCUT2D eigenvalue weighted by Crippen LogP contribution is 1.93. The zero-order valence-electron chi connectivity index (χ0n) is 9.29. The summed E-state index contributed by atoms with van der Waals surface area (Å²) in [6.07, 6.45) is 5.73. The fourth-order valence-electron chi connectivity index (χ4n) is 0.690. The monoisotopic (exact) mass is 286 g/mol. The Labute approximate surface area is 101 Å². The van der Waals surface area contributed by atoms with Crippen molar-refractivity contribution in [2.45, 2.75) is 0 Å². The quantitative estimate of drug-likeness (QED) is 0.303. The third-order valence-corrected chi connectivity index (χ3v) is 3.06. The second-order valence-electron chi connectivity index (χ2n) is 2.87. The van der Waals surface area contributed by atoms with Gasteiger partial charge in [-0.15, -0.1) is 6.42 Å². The Bertz CT molecular complexity index is 443. The number of rotatable bonds is 9. The third kappa shape index (κ3) is 11.6. The minimum absolute atomic E-state index is 0.0300. The fourth-order valence-corrected chi connectivity index (χ4v) is 1.75. The maximum absolute atomic E-state index is 11.1. The van der Waals surface area contributed by atoms with Crippen molar-refractivity contribution in [2.24, 2.45) is 0 Å². The molecule has 0 amide bonds. The summed E-state index contributed by atoms with van der Waals surface area (Å²) >= 11 is 0. The van der Waals surface area contributed by atoms with Crippen LogP contribution in [0.2, 0.25) is 0 Å². The van der Waals surface area contributed by atoms with Gasteiger partial charge in [0, 0.05) is 0 Å². The maximum Gasteiger partial charge on any atom is 0.270 e. The standard InChI is InChI=1S/C8H14O7S2/c1-3-4-15-17(11,12)8-7-13-5-6-14-16(2,9)10/h1H,4-8H2,2H3. The Morgan fingerprint density at radius 3 is 2.24 bits per heavy atom. The fraction of sp³-hybridized carbons (Fsp3) is 0.750. The van der Waals surface area contributed by atoms with E-state index in [1.54, 1.807) is 0 Å². The van der Waals surface area contributed by atoms with E-state index in [-0.39, 0.29) is 32.2 Å². The van der Waals surface area contributed by atoms with Crippen molar-refractivity contribution in [2.75, 3.05) is 38.4 Å². The lowest BCUT2D eigenvalue weighted by Crippen LogP contribution is -2.17. The lowest BCUT2D eigenvalue weighted by molar-refractivity contribution is 0.112. The van der Waals surface area contributed by atoms with E-state index in [0.29, 0.717) is 0 Å². The van der Waals surface area contributed by atoms with E-state index in [4.69, 9.17) is 11.2 Å². The Morgan fingerprint density at radius 2 is 1.71 bits per heavy atom. The summed E-state index contributed by atoms with van der Waals surface area (Å²) in [4.78, 5) is 0. The largest absolute Gasteiger partial charge is 0.378 e. The van der Waals surface area contributed by atoms with E-state index >= 15 is 0 Å². The Balaban J connectivity index is 3.62. The van der Waals surface area contributed by atoms with E-state index in [2.05, 4.69) is 8.37 Å². The molecule has 0 N–H and O–H groups in total. The van der Waals surface area contributed by atoms with Gasteiger partial charge in [-0.3, -0.25) is 8.37 Å². The molecular weight excluding hydrogens is 272 g/mol. The van der Waals surface area contributed by atoms with Crippen molar-refractivity contribution in [1.82, 2.24) is 0 Å². The summed E-state index contributed by atoms with van der Waals surface area (Å²) in [7, 11) is -7.18. The second-order valence-corrected chi connectivity index (χ2v) is 6.27. The molecule has 0 aliphatic heterocycles. The Kier molecular flexibility index (Phi) is 7.33. The first-order valence-electron chi connectivity index (χ1n) is 4.49. The lowest BCUT2D eigenvalue weighted by atomic mass is 10.7. The first kappa shape index (κ1) is 16.3. The van der Waals surface area contributed by atoms with Crippen molar-refractivity contribution in [3.05, 3.63) is 0 Å². The summed E-state index contributed by atoms with van der Waals surface area (Å²) in [6.45, 7) is -0.638. The molecule has 0 spiro atoms. The Morgan fingerprint density at radius 1 is 1.06 bits per heavy atom. The summed E-state index contributed by atoms with van der Waals surface area (Å²) in [6, 6.07) is 0. The average molecular weight is 286 g/mol. The Hall–Kier alpha value is -0.660. The van der Waals surface area contributed by atoms with E-state index in [1.165, 1.54) is 0 Å². The van der Waals surface area contributed by atoms with E-state index in [1.807, 2.05) is 5.92 Å². The average Bonchev–Trinajstić information content (AvgIpc) is 2.19. The topological polar surface area (TPSA) is 96.0 Å². The van der Waals surface area contributed by atoms with Gasteiger partial charge in [-0.1, -0.05) is 5.92 Å². The molecule has 0 unspecified atom stereocenters. The van der Waals surface area contributed by atoms with E-state index < -0.39 is 20.2 Å². The van der Waals surface area contributed by atoms with Crippen LogP contribution >= 0.6 is 0 Å². The highest BCUT2D eigenvalue weighted by Gasteiger charge is 2.10. The van der Waals surface area contributed by atoms with Gasteiger partial charge in [0.2, 0.25) is 0 Å². The molecular formula is C8H14O7S2. The van der Waals surface area contributed by atoms with Crippen molar-refractivity contribution in [3.63, 3.8) is 0 Å². The van der Waals surface area contributed by atoms with Crippen LogP contribution in [0.3, 0.4) is 0 Å². The molecule has 0 aliphatic rings. The molecule has 0 radical (unpaired) electrons. The van der Waals surface area contributed by atoms with E-state index in [0.717, 1.165) is 6.26 Å². The first-order valence-corrected chi connectivity index (χ1v) is 7.89. The van der Waals surface area contributed by atoms with Crippen LogP contribution in [-0.4, -0.2) is 55.3 Å². The van der Waals surface area contributed by atoms with Gasteiger partial charge in [0.1, 0.15) is 6.61 Å². The predicted octanol–water partition coefficient (Wildman–Crippen LogP) is -1.04. The van der Waals surface area contributed by atoms with Crippen LogP contribution in [0, 0.1) is 12.3 Å². The molecule has 0 saturated carbocycles. The second kappa shape index (κ2) is 7.62. The summed E-state index contributed by atoms with van der Waals surface area (Å²) in [5.74, 6) is 1.67. The first-order chi connectivity index (χ1) is 7.77. The number of hydrogen-bond donors (Lipinski definition) is 0. The number of terminal acetylenes is 1. The zero-order valence-corrected chi connectivity index (χ0v) is 10.9. The maximum atomic E-state index is 11.1. The van der Waals surface area contributed by atoms with E-state index in [9.17, 15) is 16.8 Å². The van der Waals surface area contributed by atoms with Crippen molar-refractivity contribution >= 4 is 20.2 Å². The number of ether oxygens (including phenoxy) is 1. The molecule has 0 aromatic heterocycles. The molecule has 0 bridgehead atoms. The number of hydrogen-bond acceptors (Lipinski definition) is 7. The van der Waals surface area contributed by atoms with Crippen LogP contribution in [0.5, 0.6) is 0 Å². The van der Waals surface area contributed by atoms with Crippen LogP contribution in [0.25, 0.3) is 0 Å². The molecule has 0 saturated heterocycles. The van der Waals surface area contributed by atoms with Crippen molar-refractivity contribution in [1.29, 1.82) is 0 Å². The minimum atomic E-state index is -3.69.